The van der Waals surface area contributed by atoms with Gasteiger partial charge in [-0.15, -0.1) is 0 Å². The molecule has 7 heteroatoms. The average Bonchev–Trinajstić information content (AvgIpc) is 2.81. The number of nitrogens with zero attached hydrogens (tertiary/aromatic N) is 2. The normalized spacial score (nSPS) is 17.3. The van der Waals surface area contributed by atoms with Crippen molar-refractivity contribution in [2.24, 2.45) is 4.99 Å². The van der Waals surface area contributed by atoms with Gasteiger partial charge in [0.1, 0.15) is 5.25 Å². The van der Waals surface area contributed by atoms with E-state index in [2.05, 4.69) is 10.3 Å². The molecule has 0 fully saturated rings. The first-order chi connectivity index (χ1) is 10.5. The van der Waals surface area contributed by atoms with E-state index in [1.807, 2.05) is 18.7 Å². The molecule has 0 aromatic heterocycles. The molecule has 22 heavy (non-hydrogen) atoms. The maximum absolute atomic E-state index is 12.1. The third-order valence-electron chi connectivity index (χ3n) is 3.24. The lowest BCUT2D eigenvalue weighted by Crippen LogP contribution is -2.27. The highest BCUT2D eigenvalue weighted by molar-refractivity contribution is 8.15. The van der Waals surface area contributed by atoms with Crippen LogP contribution in [0.15, 0.2) is 29.3 Å². The van der Waals surface area contributed by atoms with Gasteiger partial charge in [0.15, 0.2) is 5.17 Å². The molecule has 118 valence electrons. The Labute approximate surface area is 139 Å². The molecule has 0 bridgehead atoms. The summed E-state index contributed by atoms with van der Waals surface area (Å²) in [6.07, 6.45) is 0.101. The molecule has 1 aliphatic heterocycles. The monoisotopic (exact) mass is 339 g/mol. The largest absolute Gasteiger partial charge is 0.352 e. The second-order valence-electron chi connectivity index (χ2n) is 4.77. The standard InChI is InChI=1S/C15H18ClN3O2S/c1-3-19(4-2)15-18-14(21)12(22-15)9-13(20)17-11-7-5-6-10(16)8-11/h5-8,12H,3-4,9H2,1-2H3,(H,17,20)/t12-/m1/s1. The summed E-state index contributed by atoms with van der Waals surface area (Å²) in [6.45, 7) is 5.60. The number of anilines is 1. The fraction of sp³-hybridized carbons (Fsp3) is 0.400. The van der Waals surface area contributed by atoms with E-state index in [0.29, 0.717) is 15.9 Å². The van der Waals surface area contributed by atoms with E-state index in [4.69, 9.17) is 11.6 Å². The van der Waals surface area contributed by atoms with Crippen molar-refractivity contribution in [3.63, 3.8) is 0 Å². The Hall–Kier alpha value is -1.53. The first-order valence-electron chi connectivity index (χ1n) is 7.13. The molecule has 1 heterocycles. The van der Waals surface area contributed by atoms with Crippen LogP contribution in [0.4, 0.5) is 5.69 Å². The number of hydrogen-bond donors (Lipinski definition) is 1. The lowest BCUT2D eigenvalue weighted by Gasteiger charge is -2.19. The number of aliphatic imine (C=N–C) groups is 1. The molecule has 0 radical (unpaired) electrons. The lowest BCUT2D eigenvalue weighted by atomic mass is 10.2. The van der Waals surface area contributed by atoms with Crippen LogP contribution in [0.25, 0.3) is 0 Å². The third kappa shape index (κ3) is 4.24. The van der Waals surface area contributed by atoms with Crippen molar-refractivity contribution in [3.05, 3.63) is 29.3 Å². The highest BCUT2D eigenvalue weighted by atomic mass is 35.5. The van der Waals surface area contributed by atoms with E-state index in [1.54, 1.807) is 24.3 Å². The molecule has 0 saturated heterocycles. The van der Waals surface area contributed by atoms with Crippen molar-refractivity contribution in [2.45, 2.75) is 25.5 Å². The first kappa shape index (κ1) is 16.8. The SMILES string of the molecule is CCN(CC)C1=NC(=O)[C@@H](CC(=O)Nc2cccc(Cl)c2)S1. The van der Waals surface area contributed by atoms with E-state index < -0.39 is 5.25 Å². The zero-order valence-electron chi connectivity index (χ0n) is 12.5. The van der Waals surface area contributed by atoms with Gasteiger partial charge in [-0.3, -0.25) is 9.59 Å². The topological polar surface area (TPSA) is 61.8 Å². The molecule has 0 aliphatic carbocycles. The number of nitrogens with one attached hydrogen (secondary N) is 1. The van der Waals surface area contributed by atoms with Crippen LogP contribution in [0, 0.1) is 0 Å². The van der Waals surface area contributed by atoms with Crippen LogP contribution in [-0.4, -0.2) is 40.2 Å². The fourth-order valence-corrected chi connectivity index (χ4v) is 3.47. The van der Waals surface area contributed by atoms with Crippen LogP contribution in [0.2, 0.25) is 5.02 Å². The smallest absolute Gasteiger partial charge is 0.262 e. The van der Waals surface area contributed by atoms with Gasteiger partial charge in [0, 0.05) is 30.2 Å². The summed E-state index contributed by atoms with van der Waals surface area (Å²) in [6, 6.07) is 6.92. The number of thioether (sulfide) groups is 1. The maximum Gasteiger partial charge on any atom is 0.262 e. The van der Waals surface area contributed by atoms with Gasteiger partial charge in [-0.25, -0.2) is 0 Å². The quantitative estimate of drug-likeness (QED) is 0.895. The Kier molecular flexibility index (Phi) is 5.85. The number of rotatable bonds is 5. The Morgan fingerprint density at radius 1 is 1.41 bits per heavy atom. The van der Waals surface area contributed by atoms with Crippen molar-refractivity contribution in [3.8, 4) is 0 Å². The molecule has 0 saturated carbocycles. The van der Waals surface area contributed by atoms with Gasteiger partial charge in [0.2, 0.25) is 5.91 Å². The van der Waals surface area contributed by atoms with Crippen LogP contribution in [0.5, 0.6) is 0 Å². The zero-order valence-corrected chi connectivity index (χ0v) is 14.1. The van der Waals surface area contributed by atoms with Crippen molar-refractivity contribution in [1.82, 2.24) is 4.90 Å². The van der Waals surface area contributed by atoms with Crippen LogP contribution < -0.4 is 5.32 Å². The average molecular weight is 340 g/mol. The molecule has 1 aromatic carbocycles. The van der Waals surface area contributed by atoms with Crippen LogP contribution in [-0.2, 0) is 9.59 Å². The van der Waals surface area contributed by atoms with Gasteiger partial charge >= 0.3 is 0 Å². The molecule has 5 nitrogen and oxygen atoms in total. The zero-order chi connectivity index (χ0) is 16.1. The second-order valence-corrected chi connectivity index (χ2v) is 6.38. The van der Waals surface area contributed by atoms with Crippen LogP contribution in [0.3, 0.4) is 0 Å². The Bertz CT molecular complexity index is 602. The molecule has 1 N–H and O–H groups in total. The number of hydrogen-bond acceptors (Lipinski definition) is 4. The maximum atomic E-state index is 12.1. The predicted molar refractivity (Wildman–Crippen MR) is 91.4 cm³/mol. The summed E-state index contributed by atoms with van der Waals surface area (Å²) in [5.74, 6) is -0.461. The second kappa shape index (κ2) is 7.65. The van der Waals surface area contributed by atoms with Crippen molar-refractivity contribution in [1.29, 1.82) is 0 Å². The first-order valence-corrected chi connectivity index (χ1v) is 8.38. The number of halogens is 1. The number of amides is 2. The highest BCUT2D eigenvalue weighted by Gasteiger charge is 2.32. The summed E-state index contributed by atoms with van der Waals surface area (Å²) in [5, 5.41) is 3.56. The van der Waals surface area contributed by atoms with E-state index >= 15 is 0 Å². The minimum absolute atomic E-state index is 0.101. The fourth-order valence-electron chi connectivity index (χ4n) is 2.09. The molecule has 2 rings (SSSR count). The summed E-state index contributed by atoms with van der Waals surface area (Å²) in [7, 11) is 0. The van der Waals surface area contributed by atoms with Gasteiger partial charge in [-0.2, -0.15) is 4.99 Å². The van der Waals surface area contributed by atoms with Crippen molar-refractivity contribution >= 4 is 46.0 Å². The number of carbonyl (C=O) groups is 2. The van der Waals surface area contributed by atoms with E-state index in [-0.39, 0.29) is 18.2 Å². The van der Waals surface area contributed by atoms with E-state index in [0.717, 1.165) is 13.1 Å². The molecular formula is C15H18ClN3O2S. The van der Waals surface area contributed by atoms with E-state index in [9.17, 15) is 9.59 Å². The Balaban J connectivity index is 1.92. The molecule has 1 aliphatic rings. The summed E-state index contributed by atoms with van der Waals surface area (Å²) in [4.78, 5) is 30.0. The highest BCUT2D eigenvalue weighted by Crippen LogP contribution is 2.27. The van der Waals surface area contributed by atoms with Crippen molar-refractivity contribution < 1.29 is 9.59 Å². The van der Waals surface area contributed by atoms with Crippen LogP contribution in [0.1, 0.15) is 20.3 Å². The third-order valence-corrected chi connectivity index (χ3v) is 4.69. The summed E-state index contributed by atoms with van der Waals surface area (Å²) in [5.41, 5.74) is 0.623. The van der Waals surface area contributed by atoms with Gasteiger partial charge < -0.3 is 10.2 Å². The van der Waals surface area contributed by atoms with Gasteiger partial charge in [-0.05, 0) is 32.0 Å². The van der Waals surface area contributed by atoms with Gasteiger partial charge in [0.25, 0.3) is 5.91 Å². The Morgan fingerprint density at radius 2 is 2.14 bits per heavy atom. The molecule has 1 aromatic rings. The summed E-state index contributed by atoms with van der Waals surface area (Å²) < 4.78 is 0. The van der Waals surface area contributed by atoms with Gasteiger partial charge in [-0.1, -0.05) is 29.4 Å². The minimum atomic E-state index is -0.449. The van der Waals surface area contributed by atoms with E-state index in [1.165, 1.54) is 11.8 Å². The molecule has 1 atom stereocenters. The number of carbonyl (C=O) groups excluding carboxylic acids is 2. The number of benzene rings is 1. The number of amidine groups is 1. The molecular weight excluding hydrogens is 322 g/mol. The predicted octanol–water partition coefficient (Wildman–Crippen LogP) is 3.01. The van der Waals surface area contributed by atoms with Crippen LogP contribution >= 0.6 is 23.4 Å². The molecule has 0 spiro atoms. The van der Waals surface area contributed by atoms with Gasteiger partial charge in [0.05, 0.1) is 0 Å². The van der Waals surface area contributed by atoms with Crippen molar-refractivity contribution in [2.75, 3.05) is 18.4 Å². The Morgan fingerprint density at radius 3 is 2.77 bits per heavy atom. The lowest BCUT2D eigenvalue weighted by molar-refractivity contribution is -0.121. The molecule has 2 amide bonds. The molecule has 0 unspecified atom stereocenters. The minimum Gasteiger partial charge on any atom is -0.352 e. The summed E-state index contributed by atoms with van der Waals surface area (Å²) >= 11 is 7.23.